The molecule has 2 heterocycles. The molecule has 1 aliphatic rings. The van der Waals surface area contributed by atoms with Gasteiger partial charge in [-0.2, -0.15) is 0 Å². The second-order valence-corrected chi connectivity index (χ2v) is 7.33. The van der Waals surface area contributed by atoms with Gasteiger partial charge in [0.2, 0.25) is 0 Å². The van der Waals surface area contributed by atoms with Gasteiger partial charge in [-0.25, -0.2) is 9.97 Å². The van der Waals surface area contributed by atoms with E-state index in [2.05, 4.69) is 20.6 Å². The first-order chi connectivity index (χ1) is 14.8. The fourth-order valence-corrected chi connectivity index (χ4v) is 3.49. The minimum absolute atomic E-state index is 0.483. The third kappa shape index (κ3) is 3.82. The van der Waals surface area contributed by atoms with Gasteiger partial charge in [0.1, 0.15) is 31.1 Å². The van der Waals surface area contributed by atoms with Crippen LogP contribution in [0.25, 0.3) is 10.9 Å². The van der Waals surface area contributed by atoms with Crippen molar-refractivity contribution in [3.05, 3.63) is 77.6 Å². The van der Waals surface area contributed by atoms with Crippen molar-refractivity contribution in [2.75, 3.05) is 23.8 Å². The second-order valence-electron chi connectivity index (χ2n) is 6.90. The Balaban J connectivity index is 1.35. The Morgan fingerprint density at radius 3 is 2.67 bits per heavy atom. The molecule has 0 unspecified atom stereocenters. The Hall–Kier alpha value is -3.51. The average Bonchev–Trinajstić information content (AvgIpc) is 2.79. The minimum atomic E-state index is 0.483. The van der Waals surface area contributed by atoms with E-state index in [0.29, 0.717) is 24.1 Å². The van der Waals surface area contributed by atoms with Gasteiger partial charge in [0, 0.05) is 17.3 Å². The lowest BCUT2D eigenvalue weighted by molar-refractivity contribution is 0.306. The number of hydrogen-bond donors (Lipinski definition) is 2. The summed E-state index contributed by atoms with van der Waals surface area (Å²) < 4.78 is 11.8. The lowest BCUT2D eigenvalue weighted by atomic mass is 10.1. The van der Waals surface area contributed by atoms with Crippen LogP contribution in [0.3, 0.4) is 0 Å². The van der Waals surface area contributed by atoms with E-state index in [-0.39, 0.29) is 0 Å². The molecule has 0 fully saturated rings. The number of anilines is 3. The third-order valence-electron chi connectivity index (χ3n) is 4.86. The molecular weight excluding hydrogens is 400 g/mol. The maximum absolute atomic E-state index is 5.92. The second kappa shape index (κ2) is 8.08. The van der Waals surface area contributed by atoms with E-state index in [1.54, 1.807) is 6.33 Å². The van der Waals surface area contributed by atoms with Crippen LogP contribution in [0.5, 0.6) is 11.5 Å². The SMILES string of the molecule is Clc1ccc(COc2ccc(Nc3ncnc4ccc5c(c34)OCCN5)cc2)cc1. The Morgan fingerprint density at radius 2 is 1.83 bits per heavy atom. The normalized spacial score (nSPS) is 12.6. The number of fused-ring (bicyclic) bond motifs is 3. The average molecular weight is 419 g/mol. The van der Waals surface area contributed by atoms with Crippen LogP contribution < -0.4 is 20.1 Å². The number of halogens is 1. The van der Waals surface area contributed by atoms with Crippen LogP contribution in [0.1, 0.15) is 5.56 Å². The smallest absolute Gasteiger partial charge is 0.155 e. The maximum Gasteiger partial charge on any atom is 0.155 e. The van der Waals surface area contributed by atoms with E-state index in [1.165, 1.54) is 0 Å². The van der Waals surface area contributed by atoms with E-state index in [9.17, 15) is 0 Å². The molecule has 0 bridgehead atoms. The Labute approximate surface area is 178 Å². The van der Waals surface area contributed by atoms with Gasteiger partial charge in [-0.1, -0.05) is 23.7 Å². The van der Waals surface area contributed by atoms with Crippen LogP contribution in [-0.2, 0) is 6.61 Å². The van der Waals surface area contributed by atoms with Crippen LogP contribution in [0.2, 0.25) is 5.02 Å². The Kier molecular flexibility index (Phi) is 4.99. The summed E-state index contributed by atoms with van der Waals surface area (Å²) in [6, 6.07) is 19.3. The Morgan fingerprint density at radius 1 is 1.00 bits per heavy atom. The molecule has 4 aromatic rings. The molecule has 5 rings (SSSR count). The van der Waals surface area contributed by atoms with Crippen molar-refractivity contribution in [1.29, 1.82) is 0 Å². The fraction of sp³-hybridized carbons (Fsp3) is 0.130. The molecule has 0 saturated heterocycles. The number of rotatable bonds is 5. The number of aromatic nitrogens is 2. The topological polar surface area (TPSA) is 68.3 Å². The molecule has 0 atom stereocenters. The van der Waals surface area contributed by atoms with Crippen molar-refractivity contribution in [2.24, 2.45) is 0 Å². The van der Waals surface area contributed by atoms with Gasteiger partial charge < -0.3 is 20.1 Å². The summed E-state index contributed by atoms with van der Waals surface area (Å²) in [6.07, 6.45) is 1.55. The predicted octanol–water partition coefficient (Wildman–Crippen LogP) is 5.41. The lowest BCUT2D eigenvalue weighted by Gasteiger charge is -2.21. The van der Waals surface area contributed by atoms with Gasteiger partial charge in [0.25, 0.3) is 0 Å². The van der Waals surface area contributed by atoms with Crippen molar-refractivity contribution < 1.29 is 9.47 Å². The Bertz CT molecular complexity index is 1180. The molecule has 30 heavy (non-hydrogen) atoms. The summed E-state index contributed by atoms with van der Waals surface area (Å²) >= 11 is 5.92. The number of ether oxygens (including phenoxy) is 2. The molecule has 1 aliphatic heterocycles. The molecule has 6 nitrogen and oxygen atoms in total. The van der Waals surface area contributed by atoms with Gasteiger partial charge in [-0.3, -0.25) is 0 Å². The monoisotopic (exact) mass is 418 g/mol. The highest BCUT2D eigenvalue weighted by Gasteiger charge is 2.17. The predicted molar refractivity (Wildman–Crippen MR) is 119 cm³/mol. The standard InChI is InChI=1S/C23H19ClN4O2/c24-16-3-1-15(2-4-16)13-30-18-7-5-17(6-8-18)28-23-21-19(26-14-27-23)9-10-20-22(21)29-12-11-25-20/h1-10,14,25H,11-13H2,(H,26,27,28). The van der Waals surface area contributed by atoms with Gasteiger partial charge in [-0.05, 0) is 54.1 Å². The van der Waals surface area contributed by atoms with E-state index >= 15 is 0 Å². The van der Waals surface area contributed by atoms with Crippen molar-refractivity contribution in [2.45, 2.75) is 6.61 Å². The van der Waals surface area contributed by atoms with Crippen molar-refractivity contribution in [3.8, 4) is 11.5 Å². The van der Waals surface area contributed by atoms with E-state index < -0.39 is 0 Å². The first-order valence-electron chi connectivity index (χ1n) is 9.65. The molecular formula is C23H19ClN4O2. The highest BCUT2D eigenvalue weighted by atomic mass is 35.5. The van der Waals surface area contributed by atoms with Crippen molar-refractivity contribution >= 4 is 39.7 Å². The molecule has 3 aromatic carbocycles. The van der Waals surface area contributed by atoms with Crippen LogP contribution in [-0.4, -0.2) is 23.1 Å². The zero-order valence-electron chi connectivity index (χ0n) is 16.1. The summed E-state index contributed by atoms with van der Waals surface area (Å²) in [5, 5.41) is 8.31. The zero-order chi connectivity index (χ0) is 20.3. The summed E-state index contributed by atoms with van der Waals surface area (Å²) in [5.74, 6) is 2.27. The first kappa shape index (κ1) is 18.5. The van der Waals surface area contributed by atoms with Gasteiger partial charge in [0.15, 0.2) is 5.75 Å². The summed E-state index contributed by atoms with van der Waals surface area (Å²) in [5.41, 5.74) is 3.75. The summed E-state index contributed by atoms with van der Waals surface area (Å²) in [7, 11) is 0. The van der Waals surface area contributed by atoms with Gasteiger partial charge in [0.05, 0.1) is 16.6 Å². The molecule has 0 aliphatic carbocycles. The van der Waals surface area contributed by atoms with Crippen LogP contribution in [0, 0.1) is 0 Å². The largest absolute Gasteiger partial charge is 0.489 e. The van der Waals surface area contributed by atoms with E-state index in [0.717, 1.165) is 45.9 Å². The zero-order valence-corrected chi connectivity index (χ0v) is 16.8. The lowest BCUT2D eigenvalue weighted by Crippen LogP contribution is -2.18. The molecule has 7 heteroatoms. The molecule has 0 saturated carbocycles. The molecule has 0 radical (unpaired) electrons. The summed E-state index contributed by atoms with van der Waals surface area (Å²) in [4.78, 5) is 8.82. The van der Waals surface area contributed by atoms with E-state index in [4.69, 9.17) is 21.1 Å². The number of benzene rings is 3. The molecule has 150 valence electrons. The molecule has 0 spiro atoms. The van der Waals surface area contributed by atoms with Gasteiger partial charge in [-0.15, -0.1) is 0 Å². The van der Waals surface area contributed by atoms with Crippen molar-refractivity contribution in [1.82, 2.24) is 9.97 Å². The summed E-state index contributed by atoms with van der Waals surface area (Å²) in [6.45, 7) is 1.88. The van der Waals surface area contributed by atoms with Crippen LogP contribution in [0.4, 0.5) is 17.2 Å². The molecule has 0 amide bonds. The quantitative estimate of drug-likeness (QED) is 0.451. The van der Waals surface area contributed by atoms with Crippen LogP contribution >= 0.6 is 11.6 Å². The third-order valence-corrected chi connectivity index (χ3v) is 5.11. The van der Waals surface area contributed by atoms with E-state index in [1.807, 2.05) is 60.7 Å². The first-order valence-corrected chi connectivity index (χ1v) is 10.0. The molecule has 1 aromatic heterocycles. The fourth-order valence-electron chi connectivity index (χ4n) is 3.36. The highest BCUT2D eigenvalue weighted by Crippen LogP contribution is 2.39. The van der Waals surface area contributed by atoms with Gasteiger partial charge >= 0.3 is 0 Å². The highest BCUT2D eigenvalue weighted by molar-refractivity contribution is 6.30. The molecule has 2 N–H and O–H groups in total. The maximum atomic E-state index is 5.92. The van der Waals surface area contributed by atoms with Crippen LogP contribution in [0.15, 0.2) is 67.0 Å². The minimum Gasteiger partial charge on any atom is -0.489 e. The van der Waals surface area contributed by atoms with Crippen molar-refractivity contribution in [3.63, 3.8) is 0 Å². The number of hydrogen-bond acceptors (Lipinski definition) is 6. The number of nitrogens with zero attached hydrogens (tertiary/aromatic N) is 2. The number of nitrogens with one attached hydrogen (secondary N) is 2.